The molecule has 0 fully saturated rings. The second-order valence-corrected chi connectivity index (χ2v) is 5.42. The number of hydrazine groups is 1. The quantitative estimate of drug-likeness (QED) is 0.913. The molecule has 5 heteroatoms. The van der Waals surface area contributed by atoms with E-state index in [1.165, 1.54) is 0 Å². The molecule has 0 amide bonds. The van der Waals surface area contributed by atoms with E-state index in [0.29, 0.717) is 16.6 Å². The summed E-state index contributed by atoms with van der Waals surface area (Å²) in [6, 6.07) is 3.72. The van der Waals surface area contributed by atoms with Crippen molar-refractivity contribution in [3.05, 3.63) is 51.8 Å². The number of nitrogens with one attached hydrogen (secondary N) is 1. The number of allylic oxidation sites excluding steroid dienone is 1. The predicted octanol–water partition coefficient (Wildman–Crippen LogP) is 3.90. The first-order valence-corrected chi connectivity index (χ1v) is 6.72. The first-order valence-electron chi connectivity index (χ1n) is 5.96. The summed E-state index contributed by atoms with van der Waals surface area (Å²) in [6.45, 7) is 6.61. The SMILES string of the molecule is C=C1C=C(CNc2cc(C)c(Cl)cc2Cl)N(C)N1C. The van der Waals surface area contributed by atoms with Crippen molar-refractivity contribution in [2.24, 2.45) is 0 Å². The van der Waals surface area contributed by atoms with E-state index in [9.17, 15) is 0 Å². The van der Waals surface area contributed by atoms with E-state index in [0.717, 1.165) is 22.6 Å². The summed E-state index contributed by atoms with van der Waals surface area (Å²) in [4.78, 5) is 0. The molecule has 3 nitrogen and oxygen atoms in total. The Bertz CT molecular complexity index is 552. The van der Waals surface area contributed by atoms with Gasteiger partial charge in [-0.05, 0) is 30.7 Å². The minimum absolute atomic E-state index is 0.629. The summed E-state index contributed by atoms with van der Waals surface area (Å²) in [7, 11) is 3.98. The van der Waals surface area contributed by atoms with Gasteiger partial charge in [0.2, 0.25) is 0 Å². The van der Waals surface area contributed by atoms with Gasteiger partial charge in [0.15, 0.2) is 0 Å². The van der Waals surface area contributed by atoms with Gasteiger partial charge in [0.1, 0.15) is 0 Å². The van der Waals surface area contributed by atoms with Crippen LogP contribution in [0.2, 0.25) is 10.0 Å². The maximum atomic E-state index is 6.17. The van der Waals surface area contributed by atoms with Gasteiger partial charge in [0.25, 0.3) is 0 Å². The van der Waals surface area contributed by atoms with Gasteiger partial charge in [0, 0.05) is 19.1 Å². The van der Waals surface area contributed by atoms with E-state index in [2.05, 4.69) is 11.9 Å². The summed E-state index contributed by atoms with van der Waals surface area (Å²) < 4.78 is 0. The van der Waals surface area contributed by atoms with Crippen molar-refractivity contribution in [1.29, 1.82) is 0 Å². The van der Waals surface area contributed by atoms with Gasteiger partial charge in [-0.1, -0.05) is 29.8 Å². The number of hydrogen-bond acceptors (Lipinski definition) is 3. The lowest BCUT2D eigenvalue weighted by atomic mass is 10.2. The van der Waals surface area contributed by atoms with Crippen LogP contribution in [0, 0.1) is 6.92 Å². The number of nitrogens with zero attached hydrogens (tertiary/aromatic N) is 2. The lowest BCUT2D eigenvalue weighted by Gasteiger charge is -2.27. The fraction of sp³-hybridized carbons (Fsp3) is 0.286. The molecule has 2 rings (SSSR count). The summed E-state index contributed by atoms with van der Waals surface area (Å²) in [5.74, 6) is 0. The van der Waals surface area contributed by atoms with Gasteiger partial charge in [-0.25, -0.2) is 0 Å². The number of anilines is 1. The molecule has 0 radical (unpaired) electrons. The average molecular weight is 298 g/mol. The predicted molar refractivity (Wildman–Crippen MR) is 82.4 cm³/mol. The molecule has 0 aromatic heterocycles. The average Bonchev–Trinajstić information content (AvgIpc) is 2.60. The second kappa shape index (κ2) is 5.35. The molecule has 1 aromatic carbocycles. The van der Waals surface area contributed by atoms with Crippen LogP contribution in [0.4, 0.5) is 5.69 Å². The molecule has 0 saturated heterocycles. The Morgan fingerprint density at radius 3 is 2.42 bits per heavy atom. The highest BCUT2D eigenvalue weighted by Gasteiger charge is 2.18. The zero-order valence-electron chi connectivity index (χ0n) is 11.3. The molecular weight excluding hydrogens is 281 g/mol. The molecule has 0 spiro atoms. The maximum absolute atomic E-state index is 6.17. The second-order valence-electron chi connectivity index (χ2n) is 4.61. The fourth-order valence-corrected chi connectivity index (χ4v) is 2.36. The number of rotatable bonds is 3. The third-order valence-electron chi connectivity index (χ3n) is 3.32. The topological polar surface area (TPSA) is 18.5 Å². The maximum Gasteiger partial charge on any atom is 0.0652 e. The normalized spacial score (nSPS) is 15.0. The first kappa shape index (κ1) is 14.1. The highest BCUT2D eigenvalue weighted by molar-refractivity contribution is 6.36. The lowest BCUT2D eigenvalue weighted by Crippen LogP contribution is -2.31. The van der Waals surface area contributed by atoms with Crippen LogP contribution >= 0.6 is 23.2 Å². The van der Waals surface area contributed by atoms with Crippen molar-refractivity contribution in [3.63, 3.8) is 0 Å². The molecule has 1 heterocycles. The Morgan fingerprint density at radius 2 is 1.84 bits per heavy atom. The number of aryl methyl sites for hydroxylation is 1. The van der Waals surface area contributed by atoms with Crippen LogP contribution < -0.4 is 5.32 Å². The molecule has 1 aliphatic heterocycles. The van der Waals surface area contributed by atoms with Crippen LogP contribution in [0.15, 0.2) is 36.2 Å². The molecule has 1 aliphatic rings. The third-order valence-corrected chi connectivity index (χ3v) is 4.04. The van der Waals surface area contributed by atoms with Crippen LogP contribution in [0.3, 0.4) is 0 Å². The summed E-state index contributed by atoms with van der Waals surface area (Å²) in [6.07, 6.45) is 2.05. The Labute approximate surface area is 124 Å². The van der Waals surface area contributed by atoms with Crippen molar-refractivity contribution >= 4 is 28.9 Å². The summed E-state index contributed by atoms with van der Waals surface area (Å²) in [5.41, 5.74) is 4.00. The van der Waals surface area contributed by atoms with Crippen LogP contribution in [0.5, 0.6) is 0 Å². The Hall–Kier alpha value is -1.32. The van der Waals surface area contributed by atoms with Crippen molar-refractivity contribution in [3.8, 4) is 0 Å². The monoisotopic (exact) mass is 297 g/mol. The molecule has 0 atom stereocenters. The van der Waals surface area contributed by atoms with Gasteiger partial charge in [-0.2, -0.15) is 0 Å². The van der Waals surface area contributed by atoms with E-state index in [4.69, 9.17) is 23.2 Å². The highest BCUT2D eigenvalue weighted by Crippen LogP contribution is 2.29. The van der Waals surface area contributed by atoms with Crippen LogP contribution in [-0.2, 0) is 0 Å². The van der Waals surface area contributed by atoms with Crippen molar-refractivity contribution in [2.45, 2.75) is 6.92 Å². The molecule has 19 heavy (non-hydrogen) atoms. The van der Waals surface area contributed by atoms with Gasteiger partial charge < -0.3 is 5.32 Å². The highest BCUT2D eigenvalue weighted by atomic mass is 35.5. The van der Waals surface area contributed by atoms with Gasteiger partial charge in [0.05, 0.1) is 28.6 Å². The standard InChI is InChI=1S/C14H17Cl2N3/c1-9-5-14(13(16)7-12(9)15)17-8-11-6-10(2)18(3)19(11)4/h5-7,17H,2,8H2,1,3-4H3. The zero-order valence-corrected chi connectivity index (χ0v) is 12.8. The van der Waals surface area contributed by atoms with E-state index in [1.807, 2.05) is 43.2 Å². The van der Waals surface area contributed by atoms with Crippen LogP contribution in [0.1, 0.15) is 5.56 Å². The molecule has 0 unspecified atom stereocenters. The fourth-order valence-electron chi connectivity index (χ4n) is 1.91. The lowest BCUT2D eigenvalue weighted by molar-refractivity contribution is 0.133. The van der Waals surface area contributed by atoms with Gasteiger partial charge >= 0.3 is 0 Å². The van der Waals surface area contributed by atoms with Gasteiger partial charge in [-0.15, -0.1) is 0 Å². The van der Waals surface area contributed by atoms with E-state index < -0.39 is 0 Å². The molecule has 102 valence electrons. The Balaban J connectivity index is 2.10. The van der Waals surface area contributed by atoms with Gasteiger partial charge in [-0.3, -0.25) is 10.0 Å². The minimum atomic E-state index is 0.629. The molecule has 1 N–H and O–H groups in total. The molecule has 0 aliphatic carbocycles. The third kappa shape index (κ3) is 2.82. The van der Waals surface area contributed by atoms with E-state index >= 15 is 0 Å². The number of likely N-dealkylation sites (N-methyl/N-ethyl adjacent to an activating group) is 2. The first-order chi connectivity index (χ1) is 8.90. The number of benzene rings is 1. The van der Waals surface area contributed by atoms with E-state index in [1.54, 1.807) is 6.07 Å². The molecular formula is C14H17Cl2N3. The van der Waals surface area contributed by atoms with Crippen molar-refractivity contribution in [1.82, 2.24) is 10.0 Å². The largest absolute Gasteiger partial charge is 0.378 e. The van der Waals surface area contributed by atoms with Crippen LogP contribution in [-0.4, -0.2) is 30.7 Å². The molecule has 1 aromatic rings. The number of halogens is 2. The Kier molecular flexibility index (Phi) is 3.97. The zero-order chi connectivity index (χ0) is 14.2. The molecule has 0 saturated carbocycles. The number of hydrogen-bond donors (Lipinski definition) is 1. The van der Waals surface area contributed by atoms with E-state index in [-0.39, 0.29) is 0 Å². The Morgan fingerprint density at radius 1 is 1.16 bits per heavy atom. The smallest absolute Gasteiger partial charge is 0.0652 e. The minimum Gasteiger partial charge on any atom is -0.378 e. The summed E-state index contributed by atoms with van der Waals surface area (Å²) in [5, 5.41) is 8.68. The van der Waals surface area contributed by atoms with Crippen molar-refractivity contribution in [2.75, 3.05) is 26.0 Å². The van der Waals surface area contributed by atoms with Crippen LogP contribution in [0.25, 0.3) is 0 Å². The summed E-state index contributed by atoms with van der Waals surface area (Å²) >= 11 is 12.2. The molecule has 0 bridgehead atoms. The van der Waals surface area contributed by atoms with Crippen molar-refractivity contribution < 1.29 is 0 Å².